The van der Waals surface area contributed by atoms with Gasteiger partial charge in [-0.3, -0.25) is 14.5 Å². The predicted octanol–water partition coefficient (Wildman–Crippen LogP) is 1.95. The topological polar surface area (TPSA) is 51.0 Å². The molecule has 21 heavy (non-hydrogen) atoms. The van der Waals surface area contributed by atoms with Crippen molar-refractivity contribution in [3.63, 3.8) is 0 Å². The summed E-state index contributed by atoms with van der Waals surface area (Å²) in [6, 6.07) is 3.88. The van der Waals surface area contributed by atoms with E-state index in [1.807, 2.05) is 42.6 Å². The number of fused-ring (bicyclic) bond motifs is 1. The Morgan fingerprint density at radius 2 is 2.19 bits per heavy atom. The van der Waals surface area contributed by atoms with E-state index in [1.165, 1.54) is 0 Å². The lowest BCUT2D eigenvalue weighted by Gasteiger charge is -2.28. The maximum atomic E-state index is 12.7. The number of nitrogens with zero attached hydrogens (tertiary/aromatic N) is 4. The number of aromatic nitrogens is 3. The molecule has 0 radical (unpaired) electrons. The van der Waals surface area contributed by atoms with Crippen LogP contribution < -0.4 is 4.90 Å². The van der Waals surface area contributed by atoms with Crippen molar-refractivity contribution in [2.45, 2.75) is 33.1 Å². The Hall–Kier alpha value is -2.17. The van der Waals surface area contributed by atoms with Crippen LogP contribution in [0.1, 0.15) is 29.1 Å². The molecule has 1 aliphatic rings. The fourth-order valence-corrected chi connectivity index (χ4v) is 2.97. The van der Waals surface area contributed by atoms with E-state index in [9.17, 15) is 4.79 Å². The second-order valence-electron chi connectivity index (χ2n) is 5.57. The summed E-state index contributed by atoms with van der Waals surface area (Å²) in [5.41, 5.74) is 5.03. The highest BCUT2D eigenvalue weighted by Gasteiger charge is 2.24. The quantitative estimate of drug-likeness (QED) is 0.847. The first-order valence-electron chi connectivity index (χ1n) is 7.31. The minimum Gasteiger partial charge on any atom is -0.310 e. The van der Waals surface area contributed by atoms with Crippen LogP contribution in [0.2, 0.25) is 0 Å². The molecular weight excluding hydrogens is 264 g/mol. The molecule has 0 fully saturated rings. The lowest BCUT2D eigenvalue weighted by molar-refractivity contribution is -0.118. The summed E-state index contributed by atoms with van der Waals surface area (Å²) >= 11 is 0. The molecule has 0 saturated heterocycles. The fourth-order valence-electron chi connectivity index (χ4n) is 2.97. The van der Waals surface area contributed by atoms with Crippen LogP contribution in [0.15, 0.2) is 18.3 Å². The van der Waals surface area contributed by atoms with E-state index in [4.69, 9.17) is 0 Å². The third kappa shape index (κ3) is 2.44. The van der Waals surface area contributed by atoms with E-state index in [2.05, 4.69) is 10.1 Å². The van der Waals surface area contributed by atoms with E-state index in [-0.39, 0.29) is 5.91 Å². The Balaban J connectivity index is 1.87. The molecule has 0 atom stereocenters. The smallest absolute Gasteiger partial charge is 0.231 e. The monoisotopic (exact) mass is 284 g/mol. The number of carbonyl (C=O) groups excluding carboxylic acids is 1. The van der Waals surface area contributed by atoms with Crippen molar-refractivity contribution in [2.24, 2.45) is 7.05 Å². The standard InChI is InChI=1S/C16H20N4O/c1-11-13(12(2)19(3)18-11)10-16(21)20-9-5-6-14-15(20)7-4-8-17-14/h4,7-8H,5-6,9-10H2,1-3H3. The maximum absolute atomic E-state index is 12.7. The largest absolute Gasteiger partial charge is 0.310 e. The summed E-state index contributed by atoms with van der Waals surface area (Å²) in [4.78, 5) is 19.0. The second kappa shape index (κ2) is 5.31. The minimum atomic E-state index is 0.128. The molecule has 5 heteroatoms. The lowest BCUT2D eigenvalue weighted by Crippen LogP contribution is -2.37. The van der Waals surface area contributed by atoms with Gasteiger partial charge in [0, 0.05) is 31.0 Å². The second-order valence-corrected chi connectivity index (χ2v) is 5.57. The van der Waals surface area contributed by atoms with Gasteiger partial charge in [-0.1, -0.05) is 0 Å². The third-order valence-electron chi connectivity index (χ3n) is 4.24. The molecule has 0 N–H and O–H groups in total. The van der Waals surface area contributed by atoms with Crippen LogP contribution in [-0.4, -0.2) is 27.2 Å². The van der Waals surface area contributed by atoms with Crippen LogP contribution in [0.5, 0.6) is 0 Å². The van der Waals surface area contributed by atoms with Crippen molar-refractivity contribution in [1.82, 2.24) is 14.8 Å². The molecule has 1 amide bonds. The first-order valence-corrected chi connectivity index (χ1v) is 7.31. The van der Waals surface area contributed by atoms with Gasteiger partial charge in [0.05, 0.1) is 23.5 Å². The number of pyridine rings is 1. The number of hydrogen-bond donors (Lipinski definition) is 0. The summed E-state index contributed by atoms with van der Waals surface area (Å²) in [7, 11) is 1.91. The lowest BCUT2D eigenvalue weighted by atomic mass is 10.0. The summed E-state index contributed by atoms with van der Waals surface area (Å²) in [5.74, 6) is 0.128. The molecule has 0 bridgehead atoms. The fraction of sp³-hybridized carbons (Fsp3) is 0.438. The summed E-state index contributed by atoms with van der Waals surface area (Å²) < 4.78 is 1.84. The van der Waals surface area contributed by atoms with Crippen LogP contribution in [0.3, 0.4) is 0 Å². The number of hydrogen-bond acceptors (Lipinski definition) is 3. The predicted molar refractivity (Wildman–Crippen MR) is 81.3 cm³/mol. The Bertz CT molecular complexity index is 690. The van der Waals surface area contributed by atoms with Crippen molar-refractivity contribution in [3.8, 4) is 0 Å². The first-order chi connectivity index (χ1) is 10.1. The van der Waals surface area contributed by atoms with Crippen molar-refractivity contribution in [2.75, 3.05) is 11.4 Å². The van der Waals surface area contributed by atoms with Crippen molar-refractivity contribution >= 4 is 11.6 Å². The van der Waals surface area contributed by atoms with Crippen LogP contribution in [0.25, 0.3) is 0 Å². The van der Waals surface area contributed by atoms with Crippen LogP contribution >= 0.6 is 0 Å². The Labute approximate surface area is 124 Å². The molecule has 3 heterocycles. The Morgan fingerprint density at radius 1 is 1.38 bits per heavy atom. The molecular formula is C16H20N4O. The van der Waals surface area contributed by atoms with Gasteiger partial charge in [0.1, 0.15) is 0 Å². The highest BCUT2D eigenvalue weighted by atomic mass is 16.2. The molecule has 3 rings (SSSR count). The molecule has 2 aromatic heterocycles. The van der Waals surface area contributed by atoms with Gasteiger partial charge in [-0.05, 0) is 38.8 Å². The van der Waals surface area contributed by atoms with Crippen molar-refractivity contribution in [3.05, 3.63) is 41.0 Å². The summed E-state index contributed by atoms with van der Waals surface area (Å²) in [6.07, 6.45) is 4.12. The molecule has 0 unspecified atom stereocenters. The van der Waals surface area contributed by atoms with Crippen molar-refractivity contribution in [1.29, 1.82) is 0 Å². The van der Waals surface area contributed by atoms with Crippen LogP contribution in [0, 0.1) is 13.8 Å². The molecule has 0 aliphatic carbocycles. The average Bonchev–Trinajstić information content (AvgIpc) is 2.73. The van der Waals surface area contributed by atoms with Gasteiger partial charge < -0.3 is 4.90 Å². The van der Waals surface area contributed by atoms with Crippen molar-refractivity contribution < 1.29 is 4.79 Å². The van der Waals surface area contributed by atoms with E-state index in [1.54, 1.807) is 6.20 Å². The van der Waals surface area contributed by atoms with Crippen LogP contribution in [-0.2, 0) is 24.7 Å². The SMILES string of the molecule is Cc1nn(C)c(C)c1CC(=O)N1CCCc2ncccc21. The number of anilines is 1. The molecule has 1 aliphatic heterocycles. The molecule has 5 nitrogen and oxygen atoms in total. The van der Waals surface area contributed by atoms with Gasteiger partial charge >= 0.3 is 0 Å². The number of aryl methyl sites for hydroxylation is 3. The molecule has 110 valence electrons. The number of amides is 1. The first kappa shape index (κ1) is 13.8. The normalized spacial score (nSPS) is 14.1. The summed E-state index contributed by atoms with van der Waals surface area (Å²) in [5, 5.41) is 4.39. The zero-order chi connectivity index (χ0) is 15.0. The highest BCUT2D eigenvalue weighted by Crippen LogP contribution is 2.26. The van der Waals surface area contributed by atoms with Gasteiger partial charge in [0.25, 0.3) is 0 Å². The van der Waals surface area contributed by atoms with Gasteiger partial charge in [0.15, 0.2) is 0 Å². The zero-order valence-corrected chi connectivity index (χ0v) is 12.8. The highest BCUT2D eigenvalue weighted by molar-refractivity contribution is 5.95. The zero-order valence-electron chi connectivity index (χ0n) is 12.8. The van der Waals surface area contributed by atoms with E-state index in [0.717, 1.165) is 47.7 Å². The summed E-state index contributed by atoms with van der Waals surface area (Å²) in [6.45, 7) is 4.74. The average molecular weight is 284 g/mol. The van der Waals surface area contributed by atoms with Crippen LogP contribution in [0.4, 0.5) is 5.69 Å². The van der Waals surface area contributed by atoms with E-state index >= 15 is 0 Å². The molecule has 0 saturated carbocycles. The van der Waals surface area contributed by atoms with E-state index in [0.29, 0.717) is 6.42 Å². The van der Waals surface area contributed by atoms with Gasteiger partial charge in [-0.15, -0.1) is 0 Å². The Kier molecular flexibility index (Phi) is 3.49. The minimum absolute atomic E-state index is 0.128. The molecule has 2 aromatic rings. The third-order valence-corrected chi connectivity index (χ3v) is 4.24. The molecule has 0 aromatic carbocycles. The molecule has 0 spiro atoms. The Morgan fingerprint density at radius 3 is 2.90 bits per heavy atom. The van der Waals surface area contributed by atoms with Gasteiger partial charge in [-0.25, -0.2) is 0 Å². The number of rotatable bonds is 2. The van der Waals surface area contributed by atoms with E-state index < -0.39 is 0 Å². The number of carbonyl (C=O) groups is 1. The maximum Gasteiger partial charge on any atom is 0.231 e. The van der Waals surface area contributed by atoms with Gasteiger partial charge in [0.2, 0.25) is 5.91 Å². The van der Waals surface area contributed by atoms with Gasteiger partial charge in [-0.2, -0.15) is 5.10 Å².